The molecular weight excluding hydrogens is 278 g/mol. The summed E-state index contributed by atoms with van der Waals surface area (Å²) in [5.41, 5.74) is 7.66. The van der Waals surface area contributed by atoms with E-state index in [-0.39, 0.29) is 0 Å². The molecule has 2 atom stereocenters. The third-order valence-electron chi connectivity index (χ3n) is 4.97. The first-order valence-corrected chi connectivity index (χ1v) is 8.50. The molecule has 2 aliphatic heterocycles. The van der Waals surface area contributed by atoms with Gasteiger partial charge >= 0.3 is 0 Å². The minimum Gasteiger partial charge on any atom is -0.297 e. The van der Waals surface area contributed by atoms with Gasteiger partial charge in [-0.15, -0.1) is 11.3 Å². The van der Waals surface area contributed by atoms with Crippen molar-refractivity contribution in [2.24, 2.45) is 0 Å². The molecule has 0 aliphatic carbocycles. The average Bonchev–Trinajstić information content (AvgIpc) is 3.17. The van der Waals surface area contributed by atoms with E-state index in [0.29, 0.717) is 5.92 Å². The van der Waals surface area contributed by atoms with E-state index in [1.165, 1.54) is 41.7 Å². The van der Waals surface area contributed by atoms with Crippen LogP contribution in [-0.2, 0) is 6.54 Å². The monoisotopic (exact) mass is 295 g/mol. The maximum Gasteiger partial charge on any atom is 0.148 e. The molecule has 0 radical (unpaired) electrons. The van der Waals surface area contributed by atoms with Gasteiger partial charge in [0.05, 0.1) is 11.0 Å². The highest BCUT2D eigenvalue weighted by atomic mass is 32.1. The highest BCUT2D eigenvalue weighted by molar-refractivity contribution is 7.07. The summed E-state index contributed by atoms with van der Waals surface area (Å²) in [6.45, 7) is 5.73. The van der Waals surface area contributed by atoms with Crippen molar-refractivity contribution >= 4 is 22.2 Å². The van der Waals surface area contributed by atoms with E-state index in [2.05, 4.69) is 45.0 Å². The molecule has 0 spiro atoms. The zero-order chi connectivity index (χ0) is 14.0. The molecular formula is C17H17N3S. The molecule has 0 amide bonds. The summed E-state index contributed by atoms with van der Waals surface area (Å²) >= 11 is 1.67. The van der Waals surface area contributed by atoms with Crippen molar-refractivity contribution in [1.82, 2.24) is 14.5 Å². The maximum absolute atomic E-state index is 4.57. The smallest absolute Gasteiger partial charge is 0.148 e. The summed E-state index contributed by atoms with van der Waals surface area (Å²) in [6.07, 6.45) is 1.30. The van der Waals surface area contributed by atoms with E-state index in [9.17, 15) is 0 Å². The third-order valence-corrected chi connectivity index (χ3v) is 5.54. The van der Waals surface area contributed by atoms with Gasteiger partial charge in [-0.3, -0.25) is 9.47 Å². The lowest BCUT2D eigenvalue weighted by Gasteiger charge is -2.24. The molecule has 2 unspecified atom stereocenters. The van der Waals surface area contributed by atoms with E-state index in [0.717, 1.165) is 12.4 Å². The first-order chi connectivity index (χ1) is 10.3. The topological polar surface area (TPSA) is 21.1 Å². The lowest BCUT2D eigenvalue weighted by Crippen LogP contribution is -2.26. The van der Waals surface area contributed by atoms with Gasteiger partial charge in [-0.1, -0.05) is 11.6 Å². The molecule has 3 nitrogen and oxygen atoms in total. The number of hydrogen-bond acceptors (Lipinski definition) is 3. The van der Waals surface area contributed by atoms with E-state index < -0.39 is 0 Å². The van der Waals surface area contributed by atoms with Crippen LogP contribution in [0.3, 0.4) is 0 Å². The maximum atomic E-state index is 4.57. The Hall–Kier alpha value is -1.65. The third kappa shape index (κ3) is 1.60. The van der Waals surface area contributed by atoms with Gasteiger partial charge in [-0.05, 0) is 37.6 Å². The predicted molar refractivity (Wildman–Crippen MR) is 86.3 cm³/mol. The Morgan fingerprint density at radius 2 is 2.29 bits per heavy atom. The number of thiazole rings is 1. The molecule has 2 bridgehead atoms. The second kappa shape index (κ2) is 4.18. The predicted octanol–water partition coefficient (Wildman–Crippen LogP) is 3.70. The highest BCUT2D eigenvalue weighted by Crippen LogP contribution is 2.43. The van der Waals surface area contributed by atoms with Crippen LogP contribution < -0.4 is 0 Å². The highest BCUT2D eigenvalue weighted by Gasteiger charge is 2.35. The van der Waals surface area contributed by atoms with Crippen molar-refractivity contribution in [2.45, 2.75) is 25.8 Å². The van der Waals surface area contributed by atoms with Crippen LogP contribution in [0.4, 0.5) is 0 Å². The fraction of sp³-hybridized carbons (Fsp3) is 0.353. The molecule has 4 heterocycles. The van der Waals surface area contributed by atoms with Crippen molar-refractivity contribution in [1.29, 1.82) is 0 Å². The second-order valence-electron chi connectivity index (χ2n) is 6.28. The number of fused-ring (bicyclic) bond motifs is 6. The Morgan fingerprint density at radius 1 is 1.33 bits per heavy atom. The lowest BCUT2D eigenvalue weighted by atomic mass is 9.93. The fourth-order valence-electron chi connectivity index (χ4n) is 4.10. The van der Waals surface area contributed by atoms with E-state index in [4.69, 9.17) is 0 Å². The van der Waals surface area contributed by atoms with E-state index >= 15 is 0 Å². The van der Waals surface area contributed by atoms with Crippen LogP contribution in [0.2, 0.25) is 0 Å². The van der Waals surface area contributed by atoms with Crippen molar-refractivity contribution in [3.63, 3.8) is 0 Å². The lowest BCUT2D eigenvalue weighted by molar-refractivity contribution is 0.308. The molecule has 1 aromatic carbocycles. The van der Waals surface area contributed by atoms with Crippen LogP contribution in [0, 0.1) is 6.92 Å². The van der Waals surface area contributed by atoms with Crippen LogP contribution in [0.5, 0.6) is 0 Å². The quantitative estimate of drug-likeness (QED) is 0.682. The van der Waals surface area contributed by atoms with Crippen LogP contribution in [0.1, 0.15) is 29.2 Å². The van der Waals surface area contributed by atoms with Gasteiger partial charge in [-0.2, -0.15) is 0 Å². The number of nitrogens with zero attached hydrogens (tertiary/aromatic N) is 3. The van der Waals surface area contributed by atoms with Crippen molar-refractivity contribution < 1.29 is 0 Å². The Bertz CT molecular complexity index is 831. The molecule has 2 aliphatic rings. The number of aromatic nitrogens is 2. The Balaban J connectivity index is 1.90. The van der Waals surface area contributed by atoms with Crippen molar-refractivity contribution in [3.8, 4) is 5.82 Å². The Kier molecular flexibility index (Phi) is 2.38. The van der Waals surface area contributed by atoms with Crippen LogP contribution in [0.15, 0.2) is 29.1 Å². The zero-order valence-electron chi connectivity index (χ0n) is 12.0. The Morgan fingerprint density at radius 3 is 3.14 bits per heavy atom. The standard InChI is InChI=1S/C17H17N3S/c1-11-2-3-14-13(6-11)17-12-4-5-19(7-12)8-15(17)20(14)16-9-21-10-18-16/h2-3,6,9-10,12H,4-5,7-8H2,1H3. The van der Waals surface area contributed by atoms with Crippen LogP contribution >= 0.6 is 11.3 Å². The zero-order valence-corrected chi connectivity index (χ0v) is 12.9. The summed E-state index contributed by atoms with van der Waals surface area (Å²) in [4.78, 5) is 7.16. The van der Waals surface area contributed by atoms with Gasteiger partial charge in [0.1, 0.15) is 5.82 Å². The van der Waals surface area contributed by atoms with Gasteiger partial charge in [-0.25, -0.2) is 4.98 Å². The summed E-state index contributed by atoms with van der Waals surface area (Å²) in [7, 11) is 0. The number of benzene rings is 1. The van der Waals surface area contributed by atoms with E-state index in [1.807, 2.05) is 5.51 Å². The van der Waals surface area contributed by atoms with Crippen LogP contribution in [-0.4, -0.2) is 27.5 Å². The molecule has 4 heteroatoms. The fourth-order valence-corrected chi connectivity index (χ4v) is 4.61. The molecule has 3 aromatic rings. The number of aryl methyl sites for hydroxylation is 1. The Labute approximate surface area is 127 Å². The molecule has 2 aromatic heterocycles. The van der Waals surface area contributed by atoms with Gasteiger partial charge in [0.2, 0.25) is 0 Å². The molecule has 1 saturated heterocycles. The molecule has 21 heavy (non-hydrogen) atoms. The molecule has 106 valence electrons. The number of hydrogen-bond donors (Lipinski definition) is 0. The summed E-state index contributed by atoms with van der Waals surface area (Å²) in [5, 5.41) is 3.61. The summed E-state index contributed by atoms with van der Waals surface area (Å²) in [5.74, 6) is 1.79. The van der Waals surface area contributed by atoms with Gasteiger partial charge in [0.15, 0.2) is 0 Å². The largest absolute Gasteiger partial charge is 0.297 e. The normalized spacial score (nSPS) is 23.7. The number of rotatable bonds is 1. The average molecular weight is 295 g/mol. The molecule has 5 rings (SSSR count). The first kappa shape index (κ1) is 12.0. The molecule has 1 fully saturated rings. The van der Waals surface area contributed by atoms with E-state index in [1.54, 1.807) is 16.9 Å². The van der Waals surface area contributed by atoms with Gasteiger partial charge in [0, 0.05) is 35.5 Å². The summed E-state index contributed by atoms with van der Waals surface area (Å²) in [6, 6.07) is 6.85. The van der Waals surface area contributed by atoms with Crippen LogP contribution in [0.25, 0.3) is 16.7 Å². The van der Waals surface area contributed by atoms with Crippen molar-refractivity contribution in [3.05, 3.63) is 45.9 Å². The first-order valence-electron chi connectivity index (χ1n) is 7.56. The molecule has 0 saturated carbocycles. The SMILES string of the molecule is Cc1ccc2c(c1)c1c(n2-c2cscn2)CN2CCC1C2. The van der Waals surface area contributed by atoms with Gasteiger partial charge < -0.3 is 0 Å². The second-order valence-corrected chi connectivity index (χ2v) is 7.00. The van der Waals surface area contributed by atoms with Gasteiger partial charge in [0.25, 0.3) is 0 Å². The minimum absolute atomic E-state index is 0.706. The summed E-state index contributed by atoms with van der Waals surface area (Å²) < 4.78 is 2.39. The minimum atomic E-state index is 0.706. The molecule has 0 N–H and O–H groups in total. The van der Waals surface area contributed by atoms with Crippen molar-refractivity contribution in [2.75, 3.05) is 13.1 Å².